The van der Waals surface area contributed by atoms with Crippen LogP contribution in [0, 0.1) is 0 Å². The summed E-state index contributed by atoms with van der Waals surface area (Å²) >= 11 is 0. The van der Waals surface area contributed by atoms with E-state index in [1.165, 1.54) is 13.4 Å². The normalized spacial score (nSPS) is 10.5. The van der Waals surface area contributed by atoms with Crippen molar-refractivity contribution >= 4 is 22.7 Å². The number of carboxylic acids is 1. The maximum Gasteiger partial charge on any atom is 0.303 e. The van der Waals surface area contributed by atoms with E-state index in [0.29, 0.717) is 22.3 Å². The second-order valence-electron chi connectivity index (χ2n) is 3.80. The fraction of sp³-hybridized carbons (Fsp3) is 0.231. The number of carbonyl (C=O) groups is 2. The third-order valence-electron chi connectivity index (χ3n) is 2.67. The molecule has 5 nitrogen and oxygen atoms in total. The minimum absolute atomic E-state index is 0.0259. The fourth-order valence-electron chi connectivity index (χ4n) is 1.80. The summed E-state index contributed by atoms with van der Waals surface area (Å²) < 4.78 is 10.4. The Bertz CT molecular complexity index is 596. The highest BCUT2D eigenvalue weighted by atomic mass is 16.5. The van der Waals surface area contributed by atoms with Crippen molar-refractivity contribution in [2.75, 3.05) is 7.11 Å². The molecule has 1 aromatic heterocycles. The molecular formula is C13H12O5. The van der Waals surface area contributed by atoms with Gasteiger partial charge in [0.15, 0.2) is 17.1 Å². The lowest BCUT2D eigenvalue weighted by atomic mass is 10.0. The van der Waals surface area contributed by atoms with Gasteiger partial charge in [-0.1, -0.05) is 0 Å². The van der Waals surface area contributed by atoms with E-state index in [1.54, 1.807) is 18.2 Å². The number of benzene rings is 1. The summed E-state index contributed by atoms with van der Waals surface area (Å²) in [4.78, 5) is 22.4. The summed E-state index contributed by atoms with van der Waals surface area (Å²) in [5, 5.41) is 9.22. The van der Waals surface area contributed by atoms with Gasteiger partial charge in [0.2, 0.25) is 0 Å². The number of methoxy groups -OCH3 is 1. The zero-order chi connectivity index (χ0) is 13.1. The van der Waals surface area contributed by atoms with E-state index in [4.69, 9.17) is 14.3 Å². The third-order valence-corrected chi connectivity index (χ3v) is 2.67. The lowest BCUT2D eigenvalue weighted by Crippen LogP contribution is -2.04. The van der Waals surface area contributed by atoms with Crippen LogP contribution in [0.25, 0.3) is 11.0 Å². The number of aliphatic carboxylic acids is 1. The molecule has 1 N–H and O–H groups in total. The number of ketones is 1. The Kier molecular flexibility index (Phi) is 3.32. The minimum Gasteiger partial charge on any atom is -0.493 e. The van der Waals surface area contributed by atoms with Crippen molar-refractivity contribution in [2.24, 2.45) is 0 Å². The smallest absolute Gasteiger partial charge is 0.303 e. The van der Waals surface area contributed by atoms with Gasteiger partial charge in [0.1, 0.15) is 0 Å². The van der Waals surface area contributed by atoms with Crippen molar-refractivity contribution in [3.63, 3.8) is 0 Å². The molecule has 0 aliphatic rings. The van der Waals surface area contributed by atoms with Gasteiger partial charge in [-0.05, 0) is 18.2 Å². The molecule has 0 aliphatic carbocycles. The lowest BCUT2D eigenvalue weighted by Gasteiger charge is -2.04. The van der Waals surface area contributed by atoms with Crippen LogP contribution in [0.15, 0.2) is 28.9 Å². The number of carboxylic acid groups (broad SMARTS) is 1. The minimum atomic E-state index is -0.986. The molecule has 0 radical (unpaired) electrons. The zero-order valence-electron chi connectivity index (χ0n) is 9.80. The van der Waals surface area contributed by atoms with Crippen LogP contribution in [-0.2, 0) is 4.79 Å². The molecule has 0 spiro atoms. The molecule has 2 aromatic rings. The van der Waals surface area contributed by atoms with E-state index in [1.807, 2.05) is 0 Å². The largest absolute Gasteiger partial charge is 0.493 e. The van der Waals surface area contributed by atoms with E-state index < -0.39 is 5.97 Å². The van der Waals surface area contributed by atoms with Gasteiger partial charge in [0.05, 0.1) is 19.8 Å². The predicted octanol–water partition coefficient (Wildman–Crippen LogP) is 2.49. The lowest BCUT2D eigenvalue weighted by molar-refractivity contribution is -0.136. The Morgan fingerprint density at radius 1 is 1.28 bits per heavy atom. The maximum absolute atomic E-state index is 11.9. The fourth-order valence-corrected chi connectivity index (χ4v) is 1.80. The number of Topliss-reactive ketones (excluding diaryl/α,β-unsaturated/α-hetero) is 1. The van der Waals surface area contributed by atoms with E-state index in [9.17, 15) is 9.59 Å². The Morgan fingerprint density at radius 2 is 2.06 bits per heavy atom. The van der Waals surface area contributed by atoms with Crippen LogP contribution in [0.5, 0.6) is 5.75 Å². The standard InChI is InChI=1S/C13H12O5/c1-17-11-4-2-8(9-6-7-18-13(9)11)10(14)3-5-12(15)16/h2,4,6-7H,3,5H2,1H3,(H,15,16). The van der Waals surface area contributed by atoms with Crippen molar-refractivity contribution in [1.29, 1.82) is 0 Å². The van der Waals surface area contributed by atoms with Gasteiger partial charge in [0.25, 0.3) is 0 Å². The summed E-state index contributed by atoms with van der Waals surface area (Å²) in [6, 6.07) is 4.94. The topological polar surface area (TPSA) is 76.7 Å². The number of hydrogen-bond acceptors (Lipinski definition) is 4. The van der Waals surface area contributed by atoms with Crippen molar-refractivity contribution in [1.82, 2.24) is 0 Å². The first-order chi connectivity index (χ1) is 8.63. The molecule has 0 saturated carbocycles. The quantitative estimate of drug-likeness (QED) is 0.822. The SMILES string of the molecule is COc1ccc(C(=O)CCC(=O)O)c2ccoc12. The zero-order valence-corrected chi connectivity index (χ0v) is 9.80. The Balaban J connectivity index is 2.37. The highest BCUT2D eigenvalue weighted by Gasteiger charge is 2.15. The number of rotatable bonds is 5. The molecule has 1 heterocycles. The Labute approximate surface area is 103 Å². The summed E-state index contributed by atoms with van der Waals surface area (Å²) in [5.74, 6) is -0.656. The van der Waals surface area contributed by atoms with Crippen LogP contribution < -0.4 is 4.74 Å². The van der Waals surface area contributed by atoms with Crippen LogP contribution in [0.1, 0.15) is 23.2 Å². The molecule has 2 rings (SSSR count). The number of fused-ring (bicyclic) bond motifs is 1. The molecule has 0 amide bonds. The molecule has 0 bridgehead atoms. The van der Waals surface area contributed by atoms with E-state index in [2.05, 4.69) is 0 Å². The predicted molar refractivity (Wildman–Crippen MR) is 64.0 cm³/mol. The van der Waals surface area contributed by atoms with Gasteiger partial charge in [0, 0.05) is 17.4 Å². The Hall–Kier alpha value is -2.30. The van der Waals surface area contributed by atoms with Crippen LogP contribution in [0.2, 0.25) is 0 Å². The van der Waals surface area contributed by atoms with Gasteiger partial charge in [-0.25, -0.2) is 0 Å². The van der Waals surface area contributed by atoms with Crippen molar-refractivity contribution in [2.45, 2.75) is 12.8 Å². The first-order valence-electron chi connectivity index (χ1n) is 5.42. The molecule has 0 aliphatic heterocycles. The van der Waals surface area contributed by atoms with Crippen LogP contribution in [0.3, 0.4) is 0 Å². The number of ether oxygens (including phenoxy) is 1. The van der Waals surface area contributed by atoms with E-state index in [0.717, 1.165) is 0 Å². The maximum atomic E-state index is 11.9. The molecule has 0 saturated heterocycles. The summed E-state index contributed by atoms with van der Waals surface area (Å²) in [7, 11) is 1.52. The monoisotopic (exact) mass is 248 g/mol. The average molecular weight is 248 g/mol. The molecule has 18 heavy (non-hydrogen) atoms. The highest BCUT2D eigenvalue weighted by molar-refractivity contribution is 6.08. The first kappa shape index (κ1) is 12.2. The van der Waals surface area contributed by atoms with Crippen molar-refractivity contribution in [3.05, 3.63) is 30.0 Å². The summed E-state index contributed by atoms with van der Waals surface area (Å²) in [6.45, 7) is 0. The van der Waals surface area contributed by atoms with E-state index in [-0.39, 0.29) is 18.6 Å². The van der Waals surface area contributed by atoms with Gasteiger partial charge < -0.3 is 14.3 Å². The second kappa shape index (κ2) is 4.91. The molecule has 0 atom stereocenters. The number of furan rings is 1. The Morgan fingerprint density at radius 3 is 2.72 bits per heavy atom. The second-order valence-corrected chi connectivity index (χ2v) is 3.80. The summed E-state index contributed by atoms with van der Waals surface area (Å²) in [6.07, 6.45) is 1.27. The third kappa shape index (κ3) is 2.20. The van der Waals surface area contributed by atoms with Crippen molar-refractivity contribution in [3.8, 4) is 5.75 Å². The van der Waals surface area contributed by atoms with Gasteiger partial charge in [-0.15, -0.1) is 0 Å². The van der Waals surface area contributed by atoms with Gasteiger partial charge >= 0.3 is 5.97 Å². The van der Waals surface area contributed by atoms with Crippen LogP contribution in [0.4, 0.5) is 0 Å². The first-order valence-corrected chi connectivity index (χ1v) is 5.42. The molecule has 1 aromatic carbocycles. The highest BCUT2D eigenvalue weighted by Crippen LogP contribution is 2.30. The average Bonchev–Trinajstić information content (AvgIpc) is 2.83. The molecule has 5 heteroatoms. The molecule has 0 unspecified atom stereocenters. The number of hydrogen-bond donors (Lipinski definition) is 1. The van der Waals surface area contributed by atoms with Crippen LogP contribution in [-0.4, -0.2) is 24.0 Å². The number of carbonyl (C=O) groups excluding carboxylic acids is 1. The van der Waals surface area contributed by atoms with Gasteiger partial charge in [-0.3, -0.25) is 9.59 Å². The van der Waals surface area contributed by atoms with Crippen LogP contribution >= 0.6 is 0 Å². The van der Waals surface area contributed by atoms with E-state index >= 15 is 0 Å². The molecule has 94 valence electrons. The van der Waals surface area contributed by atoms with Gasteiger partial charge in [-0.2, -0.15) is 0 Å². The molecular weight excluding hydrogens is 236 g/mol. The molecule has 0 fully saturated rings. The van der Waals surface area contributed by atoms with Crippen molar-refractivity contribution < 1.29 is 23.8 Å². The summed E-state index contributed by atoms with van der Waals surface area (Å²) in [5.41, 5.74) is 0.958.